The van der Waals surface area contributed by atoms with Crippen LogP contribution in [-0.2, 0) is 0 Å². The lowest BCUT2D eigenvalue weighted by atomic mass is 9.93. The van der Waals surface area contributed by atoms with E-state index in [2.05, 4.69) is 17.6 Å². The molecule has 1 saturated heterocycles. The average molecular weight is 278 g/mol. The van der Waals surface area contributed by atoms with Gasteiger partial charge in [0, 0.05) is 12.6 Å². The van der Waals surface area contributed by atoms with Crippen LogP contribution >= 0.6 is 0 Å². The van der Waals surface area contributed by atoms with Gasteiger partial charge in [-0.05, 0) is 37.4 Å². The quantitative estimate of drug-likeness (QED) is 0.781. The molecule has 2 unspecified atom stereocenters. The maximum atomic E-state index is 12.1. The summed E-state index contributed by atoms with van der Waals surface area (Å²) < 4.78 is 5.00. The number of piperidine rings is 1. The molecule has 1 amide bonds. The monoisotopic (exact) mass is 278 g/mol. The molecule has 0 bridgehead atoms. The Morgan fingerprint density at radius 1 is 1.55 bits per heavy atom. The normalized spacial score (nSPS) is 22.3. The number of phenols is 1. The Hall–Kier alpha value is -1.75. The number of benzene rings is 1. The molecule has 2 rings (SSSR count). The molecule has 0 aliphatic carbocycles. The number of methoxy groups -OCH3 is 1. The van der Waals surface area contributed by atoms with Gasteiger partial charge in [0.1, 0.15) is 0 Å². The lowest BCUT2D eigenvalue weighted by molar-refractivity contribution is 0.0940. The number of carbonyl (C=O) groups is 1. The second kappa shape index (κ2) is 6.61. The van der Waals surface area contributed by atoms with Crippen molar-refractivity contribution in [2.24, 2.45) is 5.92 Å². The van der Waals surface area contributed by atoms with Gasteiger partial charge in [0.2, 0.25) is 0 Å². The Kier molecular flexibility index (Phi) is 4.84. The number of para-hydroxylation sites is 1. The summed E-state index contributed by atoms with van der Waals surface area (Å²) in [7, 11) is 1.46. The molecule has 1 aliphatic rings. The van der Waals surface area contributed by atoms with Crippen molar-refractivity contribution >= 4 is 5.91 Å². The lowest BCUT2D eigenvalue weighted by Gasteiger charge is -2.30. The largest absolute Gasteiger partial charge is 0.504 e. The van der Waals surface area contributed by atoms with Gasteiger partial charge in [-0.25, -0.2) is 0 Å². The minimum absolute atomic E-state index is 0.114. The highest BCUT2D eigenvalue weighted by molar-refractivity contribution is 5.97. The van der Waals surface area contributed by atoms with E-state index < -0.39 is 0 Å². The summed E-state index contributed by atoms with van der Waals surface area (Å²) in [5.41, 5.74) is 0.243. The molecule has 1 heterocycles. The van der Waals surface area contributed by atoms with Crippen LogP contribution in [0.1, 0.15) is 30.1 Å². The molecule has 0 aromatic heterocycles. The Morgan fingerprint density at radius 2 is 2.35 bits per heavy atom. The SMILES string of the molecule is COc1cccc(C(=O)NCC2NCCCC2C)c1O. The van der Waals surface area contributed by atoms with Gasteiger partial charge < -0.3 is 20.5 Å². The fourth-order valence-corrected chi connectivity index (χ4v) is 2.56. The highest BCUT2D eigenvalue weighted by atomic mass is 16.5. The predicted octanol–water partition coefficient (Wildman–Crippen LogP) is 1.52. The molecule has 1 aromatic rings. The van der Waals surface area contributed by atoms with Crippen LogP contribution in [0.4, 0.5) is 0 Å². The van der Waals surface area contributed by atoms with Gasteiger partial charge in [-0.2, -0.15) is 0 Å². The summed E-state index contributed by atoms with van der Waals surface area (Å²) >= 11 is 0. The molecule has 0 saturated carbocycles. The zero-order valence-corrected chi connectivity index (χ0v) is 12.0. The molecule has 3 N–H and O–H groups in total. The van der Waals surface area contributed by atoms with Crippen LogP contribution in [0, 0.1) is 5.92 Å². The molecule has 0 radical (unpaired) electrons. The fraction of sp³-hybridized carbons (Fsp3) is 0.533. The van der Waals surface area contributed by atoms with Crippen LogP contribution in [0.3, 0.4) is 0 Å². The number of ether oxygens (including phenoxy) is 1. The maximum Gasteiger partial charge on any atom is 0.255 e. The van der Waals surface area contributed by atoms with Gasteiger partial charge in [0.25, 0.3) is 5.91 Å². The van der Waals surface area contributed by atoms with E-state index in [0.717, 1.165) is 6.54 Å². The Balaban J connectivity index is 1.98. The summed E-state index contributed by atoms with van der Waals surface area (Å²) in [5.74, 6) is 0.461. The maximum absolute atomic E-state index is 12.1. The topological polar surface area (TPSA) is 70.6 Å². The first kappa shape index (κ1) is 14.7. The number of phenolic OH excluding ortho intramolecular Hbond substituents is 1. The smallest absolute Gasteiger partial charge is 0.255 e. The van der Waals surface area contributed by atoms with Crippen LogP contribution in [0.25, 0.3) is 0 Å². The molecule has 0 spiro atoms. The van der Waals surface area contributed by atoms with Gasteiger partial charge >= 0.3 is 0 Å². The predicted molar refractivity (Wildman–Crippen MR) is 77.2 cm³/mol. The second-order valence-corrected chi connectivity index (χ2v) is 5.25. The van der Waals surface area contributed by atoms with Crippen LogP contribution in [0.5, 0.6) is 11.5 Å². The number of carbonyl (C=O) groups excluding carboxylic acids is 1. The zero-order valence-electron chi connectivity index (χ0n) is 12.0. The minimum atomic E-state index is -0.277. The van der Waals surface area contributed by atoms with Crippen molar-refractivity contribution < 1.29 is 14.6 Å². The molecule has 5 nitrogen and oxygen atoms in total. The van der Waals surface area contributed by atoms with Gasteiger partial charge in [0.05, 0.1) is 12.7 Å². The third kappa shape index (κ3) is 3.22. The first-order valence-electron chi connectivity index (χ1n) is 7.01. The minimum Gasteiger partial charge on any atom is -0.504 e. The van der Waals surface area contributed by atoms with Crippen LogP contribution < -0.4 is 15.4 Å². The Bertz CT molecular complexity index is 476. The third-order valence-corrected chi connectivity index (χ3v) is 3.88. The van der Waals surface area contributed by atoms with Crippen LogP contribution in [0.15, 0.2) is 18.2 Å². The van der Waals surface area contributed by atoms with Crippen molar-refractivity contribution in [1.82, 2.24) is 10.6 Å². The third-order valence-electron chi connectivity index (χ3n) is 3.88. The number of aromatic hydroxyl groups is 1. The molecule has 20 heavy (non-hydrogen) atoms. The first-order valence-corrected chi connectivity index (χ1v) is 7.01. The lowest BCUT2D eigenvalue weighted by Crippen LogP contribution is -2.47. The Labute approximate surface area is 119 Å². The van der Waals surface area contributed by atoms with Gasteiger partial charge in [-0.3, -0.25) is 4.79 Å². The van der Waals surface area contributed by atoms with Crippen molar-refractivity contribution in [3.05, 3.63) is 23.8 Å². The summed E-state index contributed by atoms with van der Waals surface area (Å²) in [6, 6.07) is 5.19. The van der Waals surface area contributed by atoms with E-state index in [1.807, 2.05) is 0 Å². The zero-order chi connectivity index (χ0) is 14.5. The summed E-state index contributed by atoms with van der Waals surface area (Å²) in [5, 5.41) is 16.2. The number of hydrogen-bond acceptors (Lipinski definition) is 4. The van der Waals surface area contributed by atoms with E-state index in [4.69, 9.17) is 4.74 Å². The highest BCUT2D eigenvalue weighted by Crippen LogP contribution is 2.29. The number of nitrogens with one attached hydrogen (secondary N) is 2. The average Bonchev–Trinajstić information content (AvgIpc) is 2.46. The fourth-order valence-electron chi connectivity index (χ4n) is 2.56. The van der Waals surface area contributed by atoms with E-state index in [-0.39, 0.29) is 17.2 Å². The van der Waals surface area contributed by atoms with Crippen LogP contribution in [-0.4, -0.2) is 37.3 Å². The van der Waals surface area contributed by atoms with Crippen molar-refractivity contribution in [3.63, 3.8) is 0 Å². The second-order valence-electron chi connectivity index (χ2n) is 5.25. The molecule has 1 aromatic carbocycles. The van der Waals surface area contributed by atoms with Gasteiger partial charge in [-0.1, -0.05) is 13.0 Å². The van der Waals surface area contributed by atoms with Crippen molar-refractivity contribution in [1.29, 1.82) is 0 Å². The molecule has 1 aliphatic heterocycles. The summed E-state index contributed by atoms with van der Waals surface area (Å²) in [4.78, 5) is 12.1. The standard InChI is InChI=1S/C15H22N2O3/c1-10-5-4-8-16-12(10)9-17-15(19)11-6-3-7-13(20-2)14(11)18/h3,6-7,10,12,16,18H,4-5,8-9H2,1-2H3,(H,17,19). The van der Waals surface area contributed by atoms with E-state index in [0.29, 0.717) is 24.3 Å². The number of rotatable bonds is 4. The molecule has 110 valence electrons. The van der Waals surface area contributed by atoms with Gasteiger partial charge in [0.15, 0.2) is 11.5 Å². The first-order chi connectivity index (χ1) is 9.63. The van der Waals surface area contributed by atoms with Gasteiger partial charge in [-0.15, -0.1) is 0 Å². The highest BCUT2D eigenvalue weighted by Gasteiger charge is 2.22. The molecule has 5 heteroatoms. The molecular weight excluding hydrogens is 256 g/mol. The van der Waals surface area contributed by atoms with E-state index in [9.17, 15) is 9.90 Å². The number of amides is 1. The van der Waals surface area contributed by atoms with Crippen molar-refractivity contribution in [2.45, 2.75) is 25.8 Å². The van der Waals surface area contributed by atoms with Crippen molar-refractivity contribution in [2.75, 3.05) is 20.2 Å². The van der Waals surface area contributed by atoms with E-state index in [1.54, 1.807) is 18.2 Å². The molecule has 1 fully saturated rings. The van der Waals surface area contributed by atoms with E-state index in [1.165, 1.54) is 20.0 Å². The number of hydrogen-bond donors (Lipinski definition) is 3. The summed E-state index contributed by atoms with van der Waals surface area (Å²) in [6.07, 6.45) is 2.36. The molecule has 2 atom stereocenters. The van der Waals surface area contributed by atoms with Crippen LogP contribution in [0.2, 0.25) is 0 Å². The van der Waals surface area contributed by atoms with E-state index >= 15 is 0 Å². The van der Waals surface area contributed by atoms with Crippen molar-refractivity contribution in [3.8, 4) is 11.5 Å². The Morgan fingerprint density at radius 3 is 3.05 bits per heavy atom. The molecular formula is C15H22N2O3. The summed E-state index contributed by atoms with van der Waals surface area (Å²) in [6.45, 7) is 3.75.